The molecular formula is C24H31N5O3S. The first kappa shape index (κ1) is 23.4. The normalized spacial score (nSPS) is 19.3. The molecule has 8 nitrogen and oxygen atoms in total. The summed E-state index contributed by atoms with van der Waals surface area (Å²) in [6, 6.07) is 7.89. The minimum atomic E-state index is -3.15. The Bertz CT molecular complexity index is 1180. The van der Waals surface area contributed by atoms with Crippen LogP contribution >= 0.6 is 0 Å². The molecule has 1 aromatic heterocycles. The van der Waals surface area contributed by atoms with Crippen LogP contribution in [-0.4, -0.2) is 61.8 Å². The zero-order valence-electron chi connectivity index (χ0n) is 19.6. The summed E-state index contributed by atoms with van der Waals surface area (Å²) in [5, 5.41) is 3.48. The number of anilines is 2. The van der Waals surface area contributed by atoms with Crippen molar-refractivity contribution in [2.45, 2.75) is 45.2 Å². The van der Waals surface area contributed by atoms with Gasteiger partial charge in [0.2, 0.25) is 10.0 Å². The highest BCUT2D eigenvalue weighted by atomic mass is 32.2. The van der Waals surface area contributed by atoms with E-state index in [0.717, 1.165) is 35.3 Å². The molecule has 0 atom stereocenters. The van der Waals surface area contributed by atoms with Gasteiger partial charge in [0.25, 0.3) is 5.91 Å². The number of nitrogens with zero attached hydrogens (tertiary/aromatic N) is 4. The van der Waals surface area contributed by atoms with Crippen molar-refractivity contribution in [1.29, 1.82) is 0 Å². The van der Waals surface area contributed by atoms with Crippen LogP contribution in [0.3, 0.4) is 0 Å². The molecule has 0 unspecified atom stereocenters. The van der Waals surface area contributed by atoms with E-state index in [1.54, 1.807) is 41.8 Å². The molecule has 2 aliphatic heterocycles. The molecule has 176 valence electrons. The second-order valence-electron chi connectivity index (χ2n) is 9.04. The lowest BCUT2D eigenvalue weighted by molar-refractivity contribution is 0.0982. The Labute approximate surface area is 195 Å². The number of aliphatic imine (C=N–C) groups is 1. The molecule has 0 spiro atoms. The van der Waals surface area contributed by atoms with Crippen molar-refractivity contribution in [3.63, 3.8) is 0 Å². The quantitative estimate of drug-likeness (QED) is 0.656. The molecule has 1 N–H and O–H groups in total. The summed E-state index contributed by atoms with van der Waals surface area (Å²) in [4.78, 5) is 23.6. The molecule has 1 aromatic carbocycles. The zero-order chi connectivity index (χ0) is 23.8. The van der Waals surface area contributed by atoms with E-state index in [4.69, 9.17) is 0 Å². The number of hydrogen-bond donors (Lipinski definition) is 1. The molecule has 1 amide bonds. The highest BCUT2D eigenvalue weighted by Crippen LogP contribution is 2.42. The third-order valence-electron chi connectivity index (χ3n) is 6.54. The molecule has 0 aliphatic carbocycles. The predicted octanol–water partition coefficient (Wildman–Crippen LogP) is 3.25. The van der Waals surface area contributed by atoms with E-state index in [0.29, 0.717) is 18.7 Å². The second kappa shape index (κ2) is 8.87. The van der Waals surface area contributed by atoms with Crippen LogP contribution in [0.1, 0.15) is 55.1 Å². The Morgan fingerprint density at radius 3 is 2.61 bits per heavy atom. The Kier molecular flexibility index (Phi) is 6.28. The molecule has 4 rings (SSSR count). The molecule has 1 fully saturated rings. The smallest absolute Gasteiger partial charge is 0.259 e. The van der Waals surface area contributed by atoms with E-state index >= 15 is 0 Å². The van der Waals surface area contributed by atoms with Gasteiger partial charge in [-0.1, -0.05) is 6.07 Å². The average molecular weight is 470 g/mol. The van der Waals surface area contributed by atoms with E-state index in [1.807, 2.05) is 38.1 Å². The van der Waals surface area contributed by atoms with Crippen LogP contribution in [0.15, 0.2) is 41.7 Å². The fraction of sp³-hybridized carbons (Fsp3) is 0.458. The lowest BCUT2D eigenvalue weighted by atomic mass is 9.92. The van der Waals surface area contributed by atoms with Crippen molar-refractivity contribution >= 4 is 33.5 Å². The van der Waals surface area contributed by atoms with Gasteiger partial charge in [-0.15, -0.1) is 0 Å². The summed E-state index contributed by atoms with van der Waals surface area (Å²) >= 11 is 0. The number of nitrogens with one attached hydrogen (secondary N) is 1. The number of benzene rings is 1. The first-order valence-corrected chi connectivity index (χ1v) is 12.9. The fourth-order valence-electron chi connectivity index (χ4n) is 4.74. The van der Waals surface area contributed by atoms with E-state index in [9.17, 15) is 13.2 Å². The summed E-state index contributed by atoms with van der Waals surface area (Å²) in [7, 11) is -1.42. The van der Waals surface area contributed by atoms with Crippen molar-refractivity contribution in [3.8, 4) is 0 Å². The molecule has 1 saturated heterocycles. The van der Waals surface area contributed by atoms with Gasteiger partial charge in [-0.3, -0.25) is 19.7 Å². The fourth-order valence-corrected chi connectivity index (χ4v) is 5.88. The van der Waals surface area contributed by atoms with Crippen molar-refractivity contribution in [1.82, 2.24) is 9.29 Å². The average Bonchev–Trinajstić information content (AvgIpc) is 2.99. The third-order valence-corrected chi connectivity index (χ3v) is 8.42. The van der Waals surface area contributed by atoms with Crippen LogP contribution in [0.4, 0.5) is 11.4 Å². The maximum absolute atomic E-state index is 13.3. The van der Waals surface area contributed by atoms with E-state index in [1.165, 1.54) is 0 Å². The topological polar surface area (TPSA) is 95.0 Å². The molecule has 3 heterocycles. The van der Waals surface area contributed by atoms with Crippen LogP contribution in [0.25, 0.3) is 0 Å². The molecular weight excluding hydrogens is 438 g/mol. The number of pyridine rings is 1. The Hall–Kier alpha value is -2.78. The van der Waals surface area contributed by atoms with Crippen LogP contribution in [0, 0.1) is 0 Å². The van der Waals surface area contributed by atoms with E-state index in [-0.39, 0.29) is 17.7 Å². The van der Waals surface area contributed by atoms with Gasteiger partial charge in [0.05, 0.1) is 35.1 Å². The first-order chi connectivity index (χ1) is 15.7. The number of hydrogen-bond acceptors (Lipinski definition) is 6. The number of rotatable bonds is 6. The Balaban J connectivity index is 1.53. The number of carbonyl (C=O) groups is 1. The maximum atomic E-state index is 13.3. The van der Waals surface area contributed by atoms with E-state index < -0.39 is 15.6 Å². The third kappa shape index (κ3) is 4.39. The monoisotopic (exact) mass is 469 g/mol. The van der Waals surface area contributed by atoms with Gasteiger partial charge in [-0.2, -0.15) is 0 Å². The Morgan fingerprint density at radius 1 is 1.21 bits per heavy atom. The minimum absolute atomic E-state index is 0.0491. The van der Waals surface area contributed by atoms with Gasteiger partial charge in [0, 0.05) is 38.0 Å². The number of amides is 1. The highest BCUT2D eigenvalue weighted by molar-refractivity contribution is 7.89. The van der Waals surface area contributed by atoms with Crippen LogP contribution < -0.4 is 10.2 Å². The van der Waals surface area contributed by atoms with Gasteiger partial charge in [-0.05, 0) is 62.9 Å². The second-order valence-corrected chi connectivity index (χ2v) is 11.3. The van der Waals surface area contributed by atoms with E-state index in [2.05, 4.69) is 15.3 Å². The molecule has 2 aliphatic rings. The predicted molar refractivity (Wildman–Crippen MR) is 132 cm³/mol. The number of piperidine rings is 1. The SMILES string of the molecule is CCS(=O)(=O)N1CCC(Nc2cncc(N3C(=O)c4ccc(/C=N/C)cc4C3(C)C)c2)CC1. The first-order valence-electron chi connectivity index (χ1n) is 11.3. The highest BCUT2D eigenvalue weighted by Gasteiger charge is 2.44. The lowest BCUT2D eigenvalue weighted by Gasteiger charge is -2.33. The molecule has 0 saturated carbocycles. The number of carbonyl (C=O) groups excluding carboxylic acids is 1. The molecule has 9 heteroatoms. The summed E-state index contributed by atoms with van der Waals surface area (Å²) in [6.07, 6.45) is 6.69. The van der Waals surface area contributed by atoms with Gasteiger partial charge in [0.1, 0.15) is 0 Å². The molecule has 2 aromatic rings. The molecule has 0 radical (unpaired) electrons. The van der Waals surface area contributed by atoms with Crippen molar-refractivity contribution < 1.29 is 13.2 Å². The van der Waals surface area contributed by atoms with Crippen molar-refractivity contribution in [2.75, 3.05) is 36.1 Å². The number of fused-ring (bicyclic) bond motifs is 1. The van der Waals surface area contributed by atoms with Gasteiger partial charge in [0.15, 0.2) is 0 Å². The van der Waals surface area contributed by atoms with Crippen LogP contribution in [-0.2, 0) is 15.6 Å². The number of sulfonamides is 1. The minimum Gasteiger partial charge on any atom is -0.381 e. The van der Waals surface area contributed by atoms with Gasteiger partial charge in [-0.25, -0.2) is 12.7 Å². The van der Waals surface area contributed by atoms with Gasteiger partial charge < -0.3 is 5.32 Å². The summed E-state index contributed by atoms with van der Waals surface area (Å²) in [5.74, 6) is 0.0817. The van der Waals surface area contributed by atoms with Crippen LogP contribution in [0.2, 0.25) is 0 Å². The van der Waals surface area contributed by atoms with Crippen molar-refractivity contribution in [3.05, 3.63) is 53.3 Å². The maximum Gasteiger partial charge on any atom is 0.259 e. The standard InChI is InChI=1S/C24H31N5O3S/c1-5-33(31,32)28-10-8-18(9-11-28)27-19-13-20(16-26-15-19)29-23(30)21-7-6-17(14-25-4)12-22(21)24(29,2)3/h6-7,12-16,18,27H,5,8-11H2,1-4H3/b25-14+. The zero-order valence-corrected chi connectivity index (χ0v) is 20.4. The molecule has 33 heavy (non-hydrogen) atoms. The summed E-state index contributed by atoms with van der Waals surface area (Å²) in [6.45, 7) is 6.77. The molecule has 0 bridgehead atoms. The van der Waals surface area contributed by atoms with Crippen LogP contribution in [0.5, 0.6) is 0 Å². The lowest BCUT2D eigenvalue weighted by Crippen LogP contribution is -2.43. The summed E-state index contributed by atoms with van der Waals surface area (Å²) in [5.41, 5.74) is 3.63. The largest absolute Gasteiger partial charge is 0.381 e. The summed E-state index contributed by atoms with van der Waals surface area (Å²) < 4.78 is 25.8. The van der Waals surface area contributed by atoms with Gasteiger partial charge >= 0.3 is 0 Å². The van der Waals surface area contributed by atoms with Crippen molar-refractivity contribution in [2.24, 2.45) is 4.99 Å². The number of aromatic nitrogens is 1. The Morgan fingerprint density at radius 2 is 1.94 bits per heavy atom.